The van der Waals surface area contributed by atoms with Gasteiger partial charge in [-0.15, -0.1) is 0 Å². The number of hydrogen-bond acceptors (Lipinski definition) is 13. The van der Waals surface area contributed by atoms with Gasteiger partial charge in [0.05, 0.1) is 5.97 Å². The van der Waals surface area contributed by atoms with Gasteiger partial charge in [-0.1, -0.05) is 60.7 Å². The highest BCUT2D eigenvalue weighted by molar-refractivity contribution is 6.00. The SMILES string of the molecule is C[C@@H]([C@H](C/C=C/c1nc2ccccc2o1)c1ccc2c(c1)OCO2)N(Cc1ccc2ccccc2c1)C(=O)[C@H]1OC(C(=O)[O-])(C(=O)[O-])O[C@H]1C(=O)[O-]. The number of allylic oxidation sites excluding steroid dienone is 1. The van der Waals surface area contributed by atoms with E-state index < -0.39 is 53.8 Å². The maximum atomic E-state index is 14.5. The lowest BCUT2D eigenvalue weighted by Gasteiger charge is -2.37. The minimum Gasteiger partial charge on any atom is -0.547 e. The van der Waals surface area contributed by atoms with E-state index in [4.69, 9.17) is 23.4 Å². The quantitative estimate of drug-likeness (QED) is 0.167. The molecule has 0 N–H and O–H groups in total. The minimum atomic E-state index is -3.68. The van der Waals surface area contributed by atoms with Crippen LogP contribution in [0.15, 0.2) is 95.4 Å². The number of aliphatic carboxylic acids is 3. The first-order valence-electron chi connectivity index (χ1n) is 16.2. The maximum absolute atomic E-state index is 14.5. The number of carboxylic acid groups (broad SMARTS) is 3. The largest absolute Gasteiger partial charge is 0.547 e. The molecule has 1 fully saturated rings. The van der Waals surface area contributed by atoms with Gasteiger partial charge in [-0.05, 0) is 71.7 Å². The van der Waals surface area contributed by atoms with Crippen molar-refractivity contribution in [1.29, 1.82) is 0 Å². The molecular weight excluding hydrogens is 676 g/mol. The van der Waals surface area contributed by atoms with Gasteiger partial charge in [-0.3, -0.25) is 4.79 Å². The Bertz CT molecular complexity index is 2180. The van der Waals surface area contributed by atoms with Crippen molar-refractivity contribution in [3.63, 3.8) is 0 Å². The van der Waals surface area contributed by atoms with Crippen molar-refractivity contribution in [3.8, 4) is 11.5 Å². The number of aromatic nitrogens is 1. The highest BCUT2D eigenvalue weighted by atomic mass is 16.8. The highest BCUT2D eigenvalue weighted by Gasteiger charge is 2.55. The molecule has 2 aliphatic rings. The van der Waals surface area contributed by atoms with Gasteiger partial charge in [0, 0.05) is 18.5 Å². The predicted octanol–water partition coefficient (Wildman–Crippen LogP) is 1.04. The van der Waals surface area contributed by atoms with Crippen LogP contribution in [0.4, 0.5) is 0 Å². The van der Waals surface area contributed by atoms with Crippen LogP contribution in [0.5, 0.6) is 11.5 Å². The number of carbonyl (C=O) groups excluding carboxylic acids is 4. The molecule has 52 heavy (non-hydrogen) atoms. The molecule has 1 amide bonds. The summed E-state index contributed by atoms with van der Waals surface area (Å²) in [5.41, 5.74) is 2.59. The molecule has 4 aromatic carbocycles. The van der Waals surface area contributed by atoms with Crippen LogP contribution in [0.1, 0.15) is 36.3 Å². The highest BCUT2D eigenvalue weighted by Crippen LogP contribution is 2.39. The van der Waals surface area contributed by atoms with E-state index in [2.05, 4.69) is 4.98 Å². The third kappa shape index (κ3) is 6.40. The Morgan fingerprint density at radius 3 is 2.33 bits per heavy atom. The molecule has 0 radical (unpaired) electrons. The average Bonchev–Trinajstić information content (AvgIpc) is 3.89. The number of oxazole rings is 1. The fourth-order valence-electron chi connectivity index (χ4n) is 6.51. The molecule has 14 nitrogen and oxygen atoms in total. The Morgan fingerprint density at radius 1 is 0.865 bits per heavy atom. The summed E-state index contributed by atoms with van der Waals surface area (Å²) in [7, 11) is 0. The van der Waals surface area contributed by atoms with Crippen LogP contribution in [0.2, 0.25) is 0 Å². The smallest absolute Gasteiger partial charge is 0.255 e. The standard InChI is InChI=1S/C38H32N2O12/c1-21(26(25-15-16-29-30(18-25)49-20-48-29)9-6-12-31-39-27-10-4-5-11-28(27)50-31)40(19-22-13-14-23-7-2-3-8-24(23)17-22)34(41)32-33(35(42)43)52-38(51-32,36(44)45)37(46)47/h2-8,10-18,21,26,32-33H,9,19-20H2,1H3,(H,42,43)(H,44,45)(H,46,47)/p-3/b12-6+/t21-,26-,32-,33+/m0/s1. The van der Waals surface area contributed by atoms with Crippen molar-refractivity contribution < 1.29 is 57.9 Å². The minimum absolute atomic E-state index is 0.0193. The number of amides is 1. The summed E-state index contributed by atoms with van der Waals surface area (Å²) in [6, 6.07) is 24.8. The Morgan fingerprint density at radius 2 is 1.58 bits per heavy atom. The fraction of sp³-hybridized carbons (Fsp3) is 0.237. The Hall–Kier alpha value is -6.25. The molecule has 0 bridgehead atoms. The van der Waals surface area contributed by atoms with Crippen molar-refractivity contribution in [2.45, 2.75) is 49.8 Å². The van der Waals surface area contributed by atoms with Gasteiger partial charge in [-0.25, -0.2) is 4.98 Å². The van der Waals surface area contributed by atoms with Crippen molar-refractivity contribution in [2.75, 3.05) is 6.79 Å². The summed E-state index contributed by atoms with van der Waals surface area (Å²) in [5.74, 6) is -10.9. The zero-order valence-corrected chi connectivity index (χ0v) is 27.5. The van der Waals surface area contributed by atoms with Crippen LogP contribution in [-0.2, 0) is 35.2 Å². The number of fused-ring (bicyclic) bond motifs is 3. The van der Waals surface area contributed by atoms with E-state index >= 15 is 0 Å². The number of benzene rings is 4. The summed E-state index contributed by atoms with van der Waals surface area (Å²) in [6.45, 7) is 1.60. The third-order valence-electron chi connectivity index (χ3n) is 9.18. The molecule has 7 rings (SSSR count). The van der Waals surface area contributed by atoms with E-state index in [0.29, 0.717) is 39.6 Å². The second-order valence-electron chi connectivity index (χ2n) is 12.4. The fourth-order valence-corrected chi connectivity index (χ4v) is 6.51. The molecule has 0 aliphatic carbocycles. The van der Waals surface area contributed by atoms with Crippen molar-refractivity contribution >= 4 is 51.8 Å². The van der Waals surface area contributed by atoms with Gasteiger partial charge in [0.15, 0.2) is 23.2 Å². The summed E-state index contributed by atoms with van der Waals surface area (Å²) < 4.78 is 26.9. The Balaban J connectivity index is 1.29. The number of rotatable bonds is 12. The van der Waals surface area contributed by atoms with Crippen LogP contribution in [0.25, 0.3) is 27.9 Å². The molecule has 4 atom stereocenters. The van der Waals surface area contributed by atoms with Gasteiger partial charge >= 0.3 is 0 Å². The van der Waals surface area contributed by atoms with E-state index in [1.54, 1.807) is 43.3 Å². The number of nitrogens with zero attached hydrogens (tertiary/aromatic N) is 2. The molecule has 5 aromatic rings. The molecule has 14 heteroatoms. The second-order valence-corrected chi connectivity index (χ2v) is 12.4. The number of ether oxygens (including phenoxy) is 4. The van der Waals surface area contributed by atoms with E-state index in [1.807, 2.05) is 60.7 Å². The molecule has 2 aliphatic heterocycles. The molecule has 0 spiro atoms. The summed E-state index contributed by atoms with van der Waals surface area (Å²) >= 11 is 0. The third-order valence-corrected chi connectivity index (χ3v) is 9.18. The van der Waals surface area contributed by atoms with Gasteiger partial charge in [0.2, 0.25) is 12.7 Å². The lowest BCUT2D eigenvalue weighted by atomic mass is 9.87. The lowest BCUT2D eigenvalue weighted by Crippen LogP contribution is -2.61. The van der Waals surface area contributed by atoms with E-state index in [0.717, 1.165) is 10.8 Å². The molecular formula is C38H29N2O12-3. The topological polar surface area (TPSA) is 204 Å². The Labute approximate surface area is 295 Å². The van der Waals surface area contributed by atoms with E-state index in [-0.39, 0.29) is 19.8 Å². The zero-order chi connectivity index (χ0) is 36.6. The second kappa shape index (κ2) is 13.8. The predicted molar refractivity (Wildman–Crippen MR) is 174 cm³/mol. The molecule has 0 saturated carbocycles. The van der Waals surface area contributed by atoms with Crippen LogP contribution in [-0.4, -0.2) is 64.5 Å². The van der Waals surface area contributed by atoms with Crippen molar-refractivity contribution in [2.24, 2.45) is 0 Å². The lowest BCUT2D eigenvalue weighted by molar-refractivity contribution is -0.375. The van der Waals surface area contributed by atoms with Gasteiger partial charge in [-0.2, -0.15) is 0 Å². The van der Waals surface area contributed by atoms with Crippen molar-refractivity contribution in [3.05, 3.63) is 108 Å². The van der Waals surface area contributed by atoms with E-state index in [1.165, 1.54) is 4.90 Å². The molecule has 1 aromatic heterocycles. The molecule has 266 valence electrons. The zero-order valence-electron chi connectivity index (χ0n) is 27.5. The number of para-hydroxylation sites is 2. The van der Waals surface area contributed by atoms with E-state index in [9.17, 15) is 34.5 Å². The first kappa shape index (κ1) is 34.2. The number of carbonyl (C=O) groups is 4. The average molecular weight is 706 g/mol. The normalized spacial score (nSPS) is 18.8. The van der Waals surface area contributed by atoms with Crippen LogP contribution < -0.4 is 24.8 Å². The molecule has 1 saturated heterocycles. The van der Waals surface area contributed by atoms with Crippen LogP contribution in [0.3, 0.4) is 0 Å². The van der Waals surface area contributed by atoms with Crippen LogP contribution >= 0.6 is 0 Å². The van der Waals surface area contributed by atoms with Crippen molar-refractivity contribution in [1.82, 2.24) is 9.88 Å². The number of carboxylic acids is 3. The first-order valence-corrected chi connectivity index (χ1v) is 16.2. The molecule has 3 heterocycles. The maximum Gasteiger partial charge on any atom is 0.255 e. The van der Waals surface area contributed by atoms with Gasteiger partial charge in [0.25, 0.3) is 11.7 Å². The van der Waals surface area contributed by atoms with Crippen LogP contribution in [0, 0.1) is 0 Å². The first-order chi connectivity index (χ1) is 25.0. The van der Waals surface area contributed by atoms with Gasteiger partial charge in [0.1, 0.15) is 23.6 Å². The number of hydrogen-bond donors (Lipinski definition) is 0. The Kier molecular flexibility index (Phi) is 9.09. The summed E-state index contributed by atoms with van der Waals surface area (Å²) in [5, 5.41) is 37.8. The summed E-state index contributed by atoms with van der Waals surface area (Å²) in [4.78, 5) is 56.4. The van der Waals surface area contributed by atoms with Gasteiger partial charge < -0.3 is 58.0 Å². The monoisotopic (exact) mass is 705 g/mol. The summed E-state index contributed by atoms with van der Waals surface area (Å²) in [6.07, 6.45) is -0.925. The molecule has 0 unspecified atom stereocenters.